The van der Waals surface area contributed by atoms with Crippen LogP contribution in [-0.4, -0.2) is 34.3 Å². The van der Waals surface area contributed by atoms with E-state index >= 15 is 0 Å². The number of hydrogen-bond acceptors (Lipinski definition) is 6. The van der Waals surface area contributed by atoms with Crippen molar-refractivity contribution in [3.63, 3.8) is 0 Å². The van der Waals surface area contributed by atoms with Crippen molar-refractivity contribution in [1.82, 2.24) is 14.5 Å². The maximum atomic E-state index is 13.2. The van der Waals surface area contributed by atoms with Crippen LogP contribution in [0.1, 0.15) is 12.0 Å². The van der Waals surface area contributed by atoms with Crippen molar-refractivity contribution in [2.24, 2.45) is 5.73 Å². The van der Waals surface area contributed by atoms with E-state index in [4.69, 9.17) is 24.9 Å². The maximum absolute atomic E-state index is 13.2. The first kappa shape index (κ1) is 22.2. The summed E-state index contributed by atoms with van der Waals surface area (Å²) in [7, 11) is 0. The third kappa shape index (κ3) is 4.16. The molecule has 2 aromatic heterocycles. The average molecular weight is 483 g/mol. The van der Waals surface area contributed by atoms with Crippen molar-refractivity contribution in [3.05, 3.63) is 82.8 Å². The zero-order chi connectivity index (χ0) is 24.5. The number of fused-ring (bicyclic) bond motifs is 3. The molecule has 0 spiro atoms. The number of ether oxygens (including phenoxy) is 3. The molecule has 8 heteroatoms. The zero-order valence-corrected chi connectivity index (χ0v) is 19.7. The van der Waals surface area contributed by atoms with E-state index in [2.05, 4.69) is 9.55 Å². The van der Waals surface area contributed by atoms with Crippen molar-refractivity contribution >= 4 is 21.9 Å². The van der Waals surface area contributed by atoms with Gasteiger partial charge in [-0.3, -0.25) is 4.79 Å². The van der Waals surface area contributed by atoms with Crippen molar-refractivity contribution < 1.29 is 14.2 Å². The van der Waals surface area contributed by atoms with Gasteiger partial charge in [0.15, 0.2) is 11.5 Å². The molecule has 0 saturated heterocycles. The summed E-state index contributed by atoms with van der Waals surface area (Å²) in [5.74, 6) is 1.96. The summed E-state index contributed by atoms with van der Waals surface area (Å²) in [6, 6.07) is 19.5. The Morgan fingerprint density at radius 3 is 2.64 bits per heavy atom. The van der Waals surface area contributed by atoms with Gasteiger partial charge in [0, 0.05) is 41.3 Å². The van der Waals surface area contributed by atoms with Crippen LogP contribution in [0.4, 0.5) is 0 Å². The van der Waals surface area contributed by atoms with Crippen LogP contribution in [0.25, 0.3) is 33.2 Å². The van der Waals surface area contributed by atoms with Crippen molar-refractivity contribution in [3.8, 4) is 28.5 Å². The molecule has 0 amide bonds. The lowest BCUT2D eigenvalue weighted by Crippen LogP contribution is -2.16. The van der Waals surface area contributed by atoms with E-state index in [1.54, 1.807) is 6.07 Å². The lowest BCUT2D eigenvalue weighted by Gasteiger charge is -2.18. The molecule has 3 heterocycles. The van der Waals surface area contributed by atoms with E-state index in [-0.39, 0.29) is 5.56 Å². The van der Waals surface area contributed by atoms with Gasteiger partial charge in [0.05, 0.1) is 11.0 Å². The van der Waals surface area contributed by atoms with Gasteiger partial charge in [-0.25, -0.2) is 4.98 Å². The highest BCUT2D eigenvalue weighted by molar-refractivity contribution is 5.97. The molecule has 0 saturated carbocycles. The maximum Gasteiger partial charge on any atom is 0.275 e. The Bertz CT molecular complexity index is 1610. The van der Waals surface area contributed by atoms with Crippen LogP contribution < -0.4 is 25.5 Å². The summed E-state index contributed by atoms with van der Waals surface area (Å²) in [5.41, 5.74) is 9.90. The smallest absolute Gasteiger partial charge is 0.275 e. The molecule has 6 rings (SSSR count). The fourth-order valence-electron chi connectivity index (χ4n) is 4.55. The van der Waals surface area contributed by atoms with E-state index in [1.807, 2.05) is 60.8 Å². The number of hydrogen-bond donors (Lipinski definition) is 2. The monoisotopic (exact) mass is 482 g/mol. The zero-order valence-electron chi connectivity index (χ0n) is 19.7. The second-order valence-corrected chi connectivity index (χ2v) is 8.76. The van der Waals surface area contributed by atoms with Gasteiger partial charge in [-0.1, -0.05) is 30.3 Å². The Hall–Kier alpha value is -4.30. The first-order valence-corrected chi connectivity index (χ1v) is 12.0. The lowest BCUT2D eigenvalue weighted by molar-refractivity contribution is 0.172. The minimum absolute atomic E-state index is 0.271. The van der Waals surface area contributed by atoms with Crippen LogP contribution in [0.15, 0.2) is 71.7 Å². The summed E-state index contributed by atoms with van der Waals surface area (Å²) >= 11 is 0. The average Bonchev–Trinajstić information content (AvgIpc) is 3.27. The van der Waals surface area contributed by atoms with Gasteiger partial charge in [0.25, 0.3) is 5.56 Å². The fourth-order valence-corrected chi connectivity index (χ4v) is 4.55. The van der Waals surface area contributed by atoms with Gasteiger partial charge in [0.1, 0.15) is 31.3 Å². The molecule has 1 aliphatic heterocycles. The summed E-state index contributed by atoms with van der Waals surface area (Å²) in [5, 5.41) is 0.896. The minimum atomic E-state index is -0.271. The Balaban J connectivity index is 1.45. The first-order chi connectivity index (χ1) is 17.7. The van der Waals surface area contributed by atoms with Crippen LogP contribution in [0.3, 0.4) is 0 Å². The quantitative estimate of drug-likeness (QED) is 0.360. The molecule has 36 heavy (non-hydrogen) atoms. The van der Waals surface area contributed by atoms with E-state index in [9.17, 15) is 4.79 Å². The van der Waals surface area contributed by atoms with Crippen molar-refractivity contribution in [2.45, 2.75) is 19.6 Å². The molecule has 0 atom stereocenters. The molecule has 3 N–H and O–H groups in total. The van der Waals surface area contributed by atoms with E-state index in [0.717, 1.165) is 40.7 Å². The highest BCUT2D eigenvalue weighted by Crippen LogP contribution is 2.35. The first-order valence-electron chi connectivity index (χ1n) is 12.0. The number of aromatic nitrogens is 3. The third-order valence-electron chi connectivity index (χ3n) is 6.32. The predicted octanol–water partition coefficient (Wildman–Crippen LogP) is 4.24. The van der Waals surface area contributed by atoms with Gasteiger partial charge < -0.3 is 29.5 Å². The van der Waals surface area contributed by atoms with Gasteiger partial charge in [-0.2, -0.15) is 0 Å². The van der Waals surface area contributed by atoms with E-state index in [0.29, 0.717) is 54.6 Å². The van der Waals surface area contributed by atoms with Crippen LogP contribution in [0.5, 0.6) is 17.2 Å². The number of H-pyrrole nitrogens is 1. The molecule has 3 aromatic carbocycles. The third-order valence-corrected chi connectivity index (χ3v) is 6.32. The second kappa shape index (κ2) is 9.39. The van der Waals surface area contributed by atoms with Crippen LogP contribution in [-0.2, 0) is 13.2 Å². The summed E-state index contributed by atoms with van der Waals surface area (Å²) in [4.78, 5) is 20.9. The highest BCUT2D eigenvalue weighted by Gasteiger charge is 2.19. The van der Waals surface area contributed by atoms with Gasteiger partial charge in [0.2, 0.25) is 0 Å². The number of aromatic amines is 1. The Morgan fingerprint density at radius 2 is 1.83 bits per heavy atom. The standard InChI is InChI=1S/C28H26N4O4/c29-9-4-10-32-16-21(20-13-19(7-8-24(20)32)36-17-18-5-2-1-3-6-18)27-28(33)31-23-15-26-25(14-22(23)30-27)34-11-12-35-26/h1-3,5-8,13-16H,4,9-12,17,29H2,(H,31,33). The topological polar surface area (TPSA) is 104 Å². The van der Waals surface area contributed by atoms with Gasteiger partial charge in [-0.15, -0.1) is 0 Å². The summed E-state index contributed by atoms with van der Waals surface area (Å²) < 4.78 is 19.6. The normalized spacial score (nSPS) is 12.8. The molecule has 8 nitrogen and oxygen atoms in total. The number of aryl methyl sites for hydroxylation is 1. The van der Waals surface area contributed by atoms with Crippen LogP contribution in [0.2, 0.25) is 0 Å². The van der Waals surface area contributed by atoms with Crippen molar-refractivity contribution in [2.75, 3.05) is 19.8 Å². The molecule has 0 bridgehead atoms. The molecule has 0 unspecified atom stereocenters. The minimum Gasteiger partial charge on any atom is -0.489 e. The molecular formula is C28H26N4O4. The van der Waals surface area contributed by atoms with Crippen LogP contribution >= 0.6 is 0 Å². The van der Waals surface area contributed by atoms with E-state index < -0.39 is 0 Å². The van der Waals surface area contributed by atoms with E-state index in [1.165, 1.54) is 0 Å². The number of nitrogens with one attached hydrogen (secondary N) is 1. The molecule has 182 valence electrons. The summed E-state index contributed by atoms with van der Waals surface area (Å²) in [6.45, 7) is 2.73. The number of rotatable bonds is 7. The molecular weight excluding hydrogens is 456 g/mol. The number of nitrogens with two attached hydrogens (primary N) is 1. The SMILES string of the molecule is NCCCn1cc(-c2nc3cc4c(cc3[nH]c2=O)OCCO4)c2cc(OCc3ccccc3)ccc21. The molecule has 0 fully saturated rings. The van der Waals surface area contributed by atoms with Gasteiger partial charge >= 0.3 is 0 Å². The summed E-state index contributed by atoms with van der Waals surface area (Å²) in [6.07, 6.45) is 2.79. The van der Waals surface area contributed by atoms with Gasteiger partial charge in [-0.05, 0) is 36.7 Å². The Kier molecular flexibility index (Phi) is 5.79. The second-order valence-electron chi connectivity index (χ2n) is 8.76. The molecule has 0 radical (unpaired) electrons. The van der Waals surface area contributed by atoms with Crippen molar-refractivity contribution in [1.29, 1.82) is 0 Å². The lowest BCUT2D eigenvalue weighted by atomic mass is 10.1. The fraction of sp³-hybridized carbons (Fsp3) is 0.214. The molecule has 0 aliphatic carbocycles. The number of nitrogens with zero attached hydrogens (tertiary/aromatic N) is 2. The number of benzene rings is 3. The predicted molar refractivity (Wildman–Crippen MR) is 139 cm³/mol. The largest absolute Gasteiger partial charge is 0.489 e. The molecule has 5 aromatic rings. The van der Waals surface area contributed by atoms with Crippen LogP contribution in [0, 0.1) is 0 Å². The highest BCUT2D eigenvalue weighted by atomic mass is 16.6. The Morgan fingerprint density at radius 1 is 1.03 bits per heavy atom. The Labute approximate surface area is 207 Å². The molecule has 1 aliphatic rings.